The molecule has 0 aliphatic carbocycles. The van der Waals surface area contributed by atoms with Crippen molar-refractivity contribution in [3.8, 4) is 0 Å². The Bertz CT molecular complexity index is 235. The third-order valence-corrected chi connectivity index (χ3v) is 4.98. The molecule has 86 valence electrons. The van der Waals surface area contributed by atoms with E-state index in [-0.39, 0.29) is 0 Å². The molecule has 3 atom stereocenters. The molecular weight excluding hydrogens is 186 g/mol. The summed E-state index contributed by atoms with van der Waals surface area (Å²) in [7, 11) is 2.47. The van der Waals surface area contributed by atoms with E-state index in [2.05, 4.69) is 7.05 Å². The SMILES string of the molecule is C[N+]1(C2CCC3CCCC2O3)CCCC1. The number of hydrogen-bond donors (Lipinski definition) is 0. The van der Waals surface area contributed by atoms with Crippen molar-refractivity contribution in [2.75, 3.05) is 20.1 Å². The van der Waals surface area contributed by atoms with Crippen LogP contribution in [0.5, 0.6) is 0 Å². The molecule has 0 aromatic carbocycles. The topological polar surface area (TPSA) is 9.23 Å². The Morgan fingerprint density at radius 3 is 2.53 bits per heavy atom. The van der Waals surface area contributed by atoms with Gasteiger partial charge in [-0.05, 0) is 25.7 Å². The number of hydrogen-bond acceptors (Lipinski definition) is 1. The van der Waals surface area contributed by atoms with Gasteiger partial charge in [-0.25, -0.2) is 0 Å². The van der Waals surface area contributed by atoms with Gasteiger partial charge < -0.3 is 9.22 Å². The first kappa shape index (κ1) is 10.1. The van der Waals surface area contributed by atoms with E-state index >= 15 is 0 Å². The molecule has 3 unspecified atom stereocenters. The first-order valence-corrected chi connectivity index (χ1v) is 6.78. The zero-order valence-corrected chi connectivity index (χ0v) is 9.95. The highest BCUT2D eigenvalue weighted by Crippen LogP contribution is 2.37. The molecule has 3 rings (SSSR count). The maximum Gasteiger partial charge on any atom is 0.115 e. The summed E-state index contributed by atoms with van der Waals surface area (Å²) in [5.74, 6) is 0. The number of likely N-dealkylation sites (tertiary alicyclic amines) is 1. The highest BCUT2D eigenvalue weighted by Gasteiger charge is 2.45. The van der Waals surface area contributed by atoms with Gasteiger partial charge >= 0.3 is 0 Å². The monoisotopic (exact) mass is 210 g/mol. The number of likely N-dealkylation sites (N-methyl/N-ethyl adjacent to an activating group) is 1. The molecule has 3 aliphatic rings. The lowest BCUT2D eigenvalue weighted by molar-refractivity contribution is -0.927. The molecule has 0 spiro atoms. The molecule has 0 aromatic rings. The quantitative estimate of drug-likeness (QED) is 0.604. The summed E-state index contributed by atoms with van der Waals surface area (Å²) in [4.78, 5) is 0. The van der Waals surface area contributed by atoms with Gasteiger partial charge in [0.15, 0.2) is 0 Å². The van der Waals surface area contributed by atoms with Crippen LogP contribution < -0.4 is 0 Å². The molecule has 3 aliphatic heterocycles. The minimum Gasteiger partial charge on any atom is -0.369 e. The second-order valence-electron chi connectivity index (χ2n) is 6.01. The van der Waals surface area contributed by atoms with Crippen LogP contribution in [-0.2, 0) is 4.74 Å². The summed E-state index contributed by atoms with van der Waals surface area (Å²) in [6.07, 6.45) is 10.9. The van der Waals surface area contributed by atoms with Crippen molar-refractivity contribution in [1.82, 2.24) is 0 Å². The van der Waals surface area contributed by atoms with Crippen molar-refractivity contribution < 1.29 is 9.22 Å². The van der Waals surface area contributed by atoms with Crippen molar-refractivity contribution in [3.63, 3.8) is 0 Å². The lowest BCUT2D eigenvalue weighted by atomic mass is 9.86. The van der Waals surface area contributed by atoms with Gasteiger partial charge in [0.25, 0.3) is 0 Å². The molecule has 3 saturated heterocycles. The van der Waals surface area contributed by atoms with Crippen LogP contribution in [0.4, 0.5) is 0 Å². The molecule has 2 nitrogen and oxygen atoms in total. The Labute approximate surface area is 93.2 Å². The lowest BCUT2D eigenvalue weighted by Gasteiger charge is -2.48. The zero-order chi connectivity index (χ0) is 10.3. The Morgan fingerprint density at radius 1 is 0.933 bits per heavy atom. The van der Waals surface area contributed by atoms with Crippen molar-refractivity contribution in [1.29, 1.82) is 0 Å². The molecule has 15 heavy (non-hydrogen) atoms. The smallest absolute Gasteiger partial charge is 0.115 e. The van der Waals surface area contributed by atoms with Gasteiger partial charge in [0, 0.05) is 19.3 Å². The van der Waals surface area contributed by atoms with Crippen molar-refractivity contribution >= 4 is 0 Å². The van der Waals surface area contributed by atoms with Gasteiger partial charge in [-0.2, -0.15) is 0 Å². The molecule has 3 heterocycles. The van der Waals surface area contributed by atoms with E-state index < -0.39 is 0 Å². The van der Waals surface area contributed by atoms with Crippen LogP contribution in [0, 0.1) is 0 Å². The highest BCUT2D eigenvalue weighted by atomic mass is 16.5. The van der Waals surface area contributed by atoms with E-state index in [0.29, 0.717) is 12.2 Å². The molecule has 2 bridgehead atoms. The van der Waals surface area contributed by atoms with Gasteiger partial charge in [-0.3, -0.25) is 0 Å². The minimum absolute atomic E-state index is 0.598. The Morgan fingerprint density at radius 2 is 1.73 bits per heavy atom. The van der Waals surface area contributed by atoms with Crippen LogP contribution in [0.15, 0.2) is 0 Å². The van der Waals surface area contributed by atoms with E-state index in [4.69, 9.17) is 4.74 Å². The Balaban J connectivity index is 1.75. The fraction of sp³-hybridized carbons (Fsp3) is 1.00. The van der Waals surface area contributed by atoms with Gasteiger partial charge in [-0.15, -0.1) is 0 Å². The van der Waals surface area contributed by atoms with Crippen LogP contribution >= 0.6 is 0 Å². The van der Waals surface area contributed by atoms with Crippen molar-refractivity contribution in [2.24, 2.45) is 0 Å². The molecular formula is C13H24NO+. The minimum atomic E-state index is 0.598. The third-order valence-electron chi connectivity index (χ3n) is 4.98. The molecule has 0 N–H and O–H groups in total. The van der Waals surface area contributed by atoms with E-state index in [0.717, 1.165) is 6.04 Å². The number of ether oxygens (including phenoxy) is 1. The van der Waals surface area contributed by atoms with Crippen LogP contribution in [0.25, 0.3) is 0 Å². The first-order valence-electron chi connectivity index (χ1n) is 6.78. The predicted octanol–water partition coefficient (Wildman–Crippen LogP) is 2.33. The van der Waals surface area contributed by atoms with Gasteiger partial charge in [0.05, 0.1) is 26.2 Å². The molecule has 0 aromatic heterocycles. The second-order valence-corrected chi connectivity index (χ2v) is 6.01. The van der Waals surface area contributed by atoms with Crippen LogP contribution in [0.1, 0.15) is 44.9 Å². The molecule has 0 radical (unpaired) electrons. The van der Waals surface area contributed by atoms with E-state index in [1.807, 2.05) is 0 Å². The maximum absolute atomic E-state index is 6.20. The van der Waals surface area contributed by atoms with Gasteiger partial charge in [0.2, 0.25) is 0 Å². The van der Waals surface area contributed by atoms with E-state index in [1.54, 1.807) is 0 Å². The van der Waals surface area contributed by atoms with Crippen LogP contribution in [-0.4, -0.2) is 42.9 Å². The fourth-order valence-electron chi connectivity index (χ4n) is 4.07. The average Bonchev–Trinajstić information content (AvgIpc) is 2.66. The molecule has 3 fully saturated rings. The number of nitrogens with zero attached hydrogens (tertiary/aromatic N) is 1. The Hall–Kier alpha value is -0.0800. The summed E-state index contributed by atoms with van der Waals surface area (Å²) >= 11 is 0. The third kappa shape index (κ3) is 1.72. The van der Waals surface area contributed by atoms with Crippen molar-refractivity contribution in [2.45, 2.75) is 63.2 Å². The van der Waals surface area contributed by atoms with Crippen LogP contribution in [0.3, 0.4) is 0 Å². The summed E-state index contributed by atoms with van der Waals surface area (Å²) in [6, 6.07) is 0.823. The molecule has 0 saturated carbocycles. The summed E-state index contributed by atoms with van der Waals surface area (Å²) in [5, 5.41) is 0. The Kier molecular flexibility index (Phi) is 2.52. The number of quaternary nitrogens is 1. The molecule has 2 heteroatoms. The van der Waals surface area contributed by atoms with Gasteiger partial charge in [-0.1, -0.05) is 0 Å². The standard InChI is InChI=1S/C13H24NO/c1-14(9-2-3-10-14)12-8-7-11-5-4-6-13(12)15-11/h11-13H,2-10H2,1H3/q+1. The number of rotatable bonds is 1. The van der Waals surface area contributed by atoms with Gasteiger partial charge in [0.1, 0.15) is 12.1 Å². The number of fused-ring (bicyclic) bond motifs is 2. The maximum atomic E-state index is 6.20. The fourth-order valence-corrected chi connectivity index (χ4v) is 4.07. The zero-order valence-electron chi connectivity index (χ0n) is 9.95. The molecule has 0 amide bonds. The summed E-state index contributed by atoms with van der Waals surface area (Å²) in [5.41, 5.74) is 0. The average molecular weight is 210 g/mol. The predicted molar refractivity (Wildman–Crippen MR) is 60.7 cm³/mol. The van der Waals surface area contributed by atoms with E-state index in [1.165, 1.54) is 62.5 Å². The van der Waals surface area contributed by atoms with Crippen LogP contribution in [0.2, 0.25) is 0 Å². The second kappa shape index (κ2) is 3.74. The van der Waals surface area contributed by atoms with E-state index in [9.17, 15) is 0 Å². The van der Waals surface area contributed by atoms with Crippen molar-refractivity contribution in [3.05, 3.63) is 0 Å². The largest absolute Gasteiger partial charge is 0.369 e. The summed E-state index contributed by atoms with van der Waals surface area (Å²) < 4.78 is 7.51. The highest BCUT2D eigenvalue weighted by molar-refractivity contribution is 4.85. The first-order chi connectivity index (χ1) is 7.28. The summed E-state index contributed by atoms with van der Waals surface area (Å²) in [6.45, 7) is 2.80. The normalized spacial score (nSPS) is 44.2. The lowest BCUT2D eigenvalue weighted by Crippen LogP contribution is -2.59.